The molecule has 0 spiro atoms. The van der Waals surface area contributed by atoms with Gasteiger partial charge in [0, 0.05) is 12.0 Å². The van der Waals surface area contributed by atoms with Crippen LogP contribution in [0.15, 0.2) is 36.4 Å². The molecule has 7 nitrogen and oxygen atoms in total. The summed E-state index contributed by atoms with van der Waals surface area (Å²) < 4.78 is 34.0. The number of urea groups is 1. The SMILES string of the molecule is COc1ccc(CC(NC(=O)NC23CCC(O)(CC2)CC3)c2nc3ccccc3[nH]2)c(F)c1F. The maximum absolute atomic E-state index is 14.8. The van der Waals surface area contributed by atoms with E-state index >= 15 is 0 Å². The van der Waals surface area contributed by atoms with Crippen LogP contribution in [-0.4, -0.2) is 39.4 Å². The predicted octanol–water partition coefficient (Wildman–Crippen LogP) is 4.27. The Morgan fingerprint density at radius 3 is 2.50 bits per heavy atom. The van der Waals surface area contributed by atoms with Gasteiger partial charge in [-0.2, -0.15) is 4.39 Å². The molecule has 180 valence electrons. The summed E-state index contributed by atoms with van der Waals surface area (Å²) in [5, 5.41) is 16.5. The van der Waals surface area contributed by atoms with Gasteiger partial charge in [-0.25, -0.2) is 14.2 Å². The van der Waals surface area contributed by atoms with Crippen LogP contribution >= 0.6 is 0 Å². The van der Waals surface area contributed by atoms with Crippen LogP contribution in [0, 0.1) is 11.6 Å². The van der Waals surface area contributed by atoms with E-state index in [0.717, 1.165) is 5.52 Å². The minimum absolute atomic E-state index is 0.00720. The molecule has 2 amide bonds. The lowest BCUT2D eigenvalue weighted by atomic mass is 9.63. The third kappa shape index (κ3) is 4.20. The first-order chi connectivity index (χ1) is 16.3. The first-order valence-corrected chi connectivity index (χ1v) is 11.6. The number of aliphatic hydroxyl groups is 1. The Bertz CT molecular complexity index is 1170. The lowest BCUT2D eigenvalue weighted by molar-refractivity contribution is -0.0694. The van der Waals surface area contributed by atoms with Gasteiger partial charge in [0.25, 0.3) is 0 Å². The van der Waals surface area contributed by atoms with Gasteiger partial charge in [-0.15, -0.1) is 0 Å². The molecule has 3 aliphatic carbocycles. The Balaban J connectivity index is 1.40. The fourth-order valence-electron chi connectivity index (χ4n) is 5.25. The van der Waals surface area contributed by atoms with Crippen molar-refractivity contribution in [2.45, 2.75) is 62.1 Å². The van der Waals surface area contributed by atoms with Crippen molar-refractivity contribution in [1.29, 1.82) is 0 Å². The lowest BCUT2D eigenvalue weighted by Gasteiger charge is -2.51. The van der Waals surface area contributed by atoms with Gasteiger partial charge >= 0.3 is 6.03 Å². The van der Waals surface area contributed by atoms with Gasteiger partial charge in [0.2, 0.25) is 5.82 Å². The van der Waals surface area contributed by atoms with Crippen molar-refractivity contribution in [2.75, 3.05) is 7.11 Å². The summed E-state index contributed by atoms with van der Waals surface area (Å²) in [4.78, 5) is 20.9. The highest BCUT2D eigenvalue weighted by Gasteiger charge is 2.48. The molecular weight excluding hydrogens is 442 g/mol. The number of H-pyrrole nitrogens is 1. The molecule has 1 unspecified atom stereocenters. The van der Waals surface area contributed by atoms with E-state index in [9.17, 15) is 18.7 Å². The van der Waals surface area contributed by atoms with E-state index in [4.69, 9.17) is 4.74 Å². The summed E-state index contributed by atoms with van der Waals surface area (Å²) in [5.41, 5.74) is 0.631. The Hall–Kier alpha value is -3.20. The lowest BCUT2D eigenvalue weighted by Crippen LogP contribution is -2.60. The number of hydrogen-bond donors (Lipinski definition) is 4. The van der Waals surface area contributed by atoms with Crippen LogP contribution in [0.3, 0.4) is 0 Å². The smallest absolute Gasteiger partial charge is 0.315 e. The molecule has 1 aromatic heterocycles. The average Bonchev–Trinajstić information content (AvgIpc) is 3.27. The molecule has 6 rings (SSSR count). The van der Waals surface area contributed by atoms with Gasteiger partial charge in [0.1, 0.15) is 5.82 Å². The van der Waals surface area contributed by atoms with Crippen LogP contribution in [0.2, 0.25) is 0 Å². The largest absolute Gasteiger partial charge is 0.494 e. The van der Waals surface area contributed by atoms with E-state index in [1.54, 1.807) is 0 Å². The number of nitrogens with one attached hydrogen (secondary N) is 3. The number of carbonyl (C=O) groups is 1. The summed E-state index contributed by atoms with van der Waals surface area (Å²) in [6, 6.07) is 9.12. The van der Waals surface area contributed by atoms with Gasteiger partial charge in [-0.05, 0) is 62.3 Å². The van der Waals surface area contributed by atoms with Gasteiger partial charge < -0.3 is 25.5 Å². The van der Waals surface area contributed by atoms with Crippen LogP contribution in [0.1, 0.15) is 56.0 Å². The summed E-state index contributed by atoms with van der Waals surface area (Å²) in [7, 11) is 1.28. The standard InChI is InChI=1S/C25H28F2N4O3/c1-34-19-7-6-15(20(26)21(19)27)14-18(22-28-16-4-2-3-5-17(16)29-22)30-23(32)31-24-8-11-25(33,12-9-24)13-10-24/h2-7,18,33H,8-14H2,1H3,(H,28,29)(H2,30,31,32). The molecule has 3 fully saturated rings. The minimum Gasteiger partial charge on any atom is -0.494 e. The molecule has 2 bridgehead atoms. The number of rotatable bonds is 6. The van der Waals surface area contributed by atoms with Crippen molar-refractivity contribution in [3.8, 4) is 5.75 Å². The fraction of sp³-hybridized carbons (Fsp3) is 0.440. The van der Waals surface area contributed by atoms with Gasteiger partial charge in [-0.3, -0.25) is 0 Å². The van der Waals surface area contributed by atoms with E-state index in [2.05, 4.69) is 20.6 Å². The maximum atomic E-state index is 14.8. The zero-order valence-electron chi connectivity index (χ0n) is 19.0. The average molecular weight is 471 g/mol. The number of halogens is 2. The molecule has 3 saturated carbocycles. The maximum Gasteiger partial charge on any atom is 0.315 e. The fourth-order valence-corrected chi connectivity index (χ4v) is 5.25. The van der Waals surface area contributed by atoms with E-state index in [0.29, 0.717) is 49.9 Å². The van der Waals surface area contributed by atoms with Crippen molar-refractivity contribution in [2.24, 2.45) is 0 Å². The second-order valence-corrected chi connectivity index (χ2v) is 9.55. The topological polar surface area (TPSA) is 99.3 Å². The van der Waals surface area contributed by atoms with E-state index < -0.39 is 29.3 Å². The van der Waals surface area contributed by atoms with Crippen LogP contribution in [0.5, 0.6) is 5.75 Å². The Morgan fingerprint density at radius 1 is 1.12 bits per heavy atom. The molecule has 34 heavy (non-hydrogen) atoms. The van der Waals surface area contributed by atoms with E-state index in [1.807, 2.05) is 24.3 Å². The number of fused-ring (bicyclic) bond motifs is 4. The van der Waals surface area contributed by atoms with Crippen molar-refractivity contribution in [3.63, 3.8) is 0 Å². The van der Waals surface area contributed by atoms with Crippen LogP contribution < -0.4 is 15.4 Å². The minimum atomic E-state index is -1.07. The number of ether oxygens (including phenoxy) is 1. The normalized spacial score (nSPS) is 24.7. The summed E-state index contributed by atoms with van der Waals surface area (Å²) in [6.07, 6.45) is 4.12. The van der Waals surface area contributed by atoms with Crippen molar-refractivity contribution in [1.82, 2.24) is 20.6 Å². The van der Waals surface area contributed by atoms with Crippen molar-refractivity contribution < 1.29 is 23.4 Å². The molecule has 0 radical (unpaired) electrons. The number of methoxy groups -OCH3 is 1. The number of nitrogens with zero attached hydrogens (tertiary/aromatic N) is 1. The molecule has 0 aliphatic heterocycles. The number of aromatic amines is 1. The molecule has 9 heteroatoms. The quantitative estimate of drug-likeness (QED) is 0.432. The number of amides is 2. The first-order valence-electron chi connectivity index (χ1n) is 11.6. The molecule has 1 atom stereocenters. The predicted molar refractivity (Wildman–Crippen MR) is 122 cm³/mol. The molecule has 0 saturated heterocycles. The zero-order valence-corrected chi connectivity index (χ0v) is 19.0. The summed E-state index contributed by atoms with van der Waals surface area (Å²) >= 11 is 0. The molecule has 4 N–H and O–H groups in total. The second-order valence-electron chi connectivity index (χ2n) is 9.55. The highest BCUT2D eigenvalue weighted by atomic mass is 19.2. The number of carbonyl (C=O) groups excluding carboxylic acids is 1. The highest BCUT2D eigenvalue weighted by Crippen LogP contribution is 2.46. The summed E-state index contributed by atoms with van der Waals surface area (Å²) in [5.74, 6) is -1.81. The monoisotopic (exact) mass is 470 g/mol. The number of imidazole rings is 1. The number of aromatic nitrogens is 2. The summed E-state index contributed by atoms with van der Waals surface area (Å²) in [6.45, 7) is 0. The third-order valence-corrected chi connectivity index (χ3v) is 7.40. The van der Waals surface area contributed by atoms with Crippen LogP contribution in [0.25, 0.3) is 11.0 Å². The van der Waals surface area contributed by atoms with E-state index in [-0.39, 0.29) is 23.3 Å². The molecule has 3 aliphatic rings. The number of hydrogen-bond acceptors (Lipinski definition) is 4. The number of para-hydroxylation sites is 2. The first kappa shape index (κ1) is 22.6. The molecule has 3 aromatic rings. The van der Waals surface area contributed by atoms with Crippen molar-refractivity contribution >= 4 is 17.1 Å². The number of benzene rings is 2. The Morgan fingerprint density at radius 2 is 1.82 bits per heavy atom. The second kappa shape index (κ2) is 8.54. The molecular formula is C25H28F2N4O3. The van der Waals surface area contributed by atoms with Crippen molar-refractivity contribution in [3.05, 3.63) is 59.4 Å². The van der Waals surface area contributed by atoms with E-state index in [1.165, 1.54) is 19.2 Å². The Labute approximate surface area is 195 Å². The zero-order chi connectivity index (χ0) is 23.9. The van der Waals surface area contributed by atoms with Gasteiger partial charge in [-0.1, -0.05) is 18.2 Å². The van der Waals surface area contributed by atoms with Crippen LogP contribution in [-0.2, 0) is 6.42 Å². The van der Waals surface area contributed by atoms with Gasteiger partial charge in [0.05, 0.1) is 29.8 Å². The Kier molecular flexibility index (Phi) is 5.67. The molecule has 2 aromatic carbocycles. The highest BCUT2D eigenvalue weighted by molar-refractivity contribution is 5.77. The third-order valence-electron chi connectivity index (χ3n) is 7.40. The molecule has 1 heterocycles. The van der Waals surface area contributed by atoms with Gasteiger partial charge in [0.15, 0.2) is 11.6 Å². The van der Waals surface area contributed by atoms with Crippen LogP contribution in [0.4, 0.5) is 13.6 Å².